The van der Waals surface area contributed by atoms with Gasteiger partial charge in [0.05, 0.1) is 43.7 Å². The number of carbonyl (C=O) groups excluding carboxylic acids is 2. The van der Waals surface area contributed by atoms with Gasteiger partial charge in [-0.15, -0.1) is 0 Å². The second kappa shape index (κ2) is 11.1. The van der Waals surface area contributed by atoms with E-state index in [-0.39, 0.29) is 23.1 Å². The maximum Gasteiger partial charge on any atom is 0.228 e. The Balaban J connectivity index is 1.40. The van der Waals surface area contributed by atoms with Gasteiger partial charge in [0.25, 0.3) is 0 Å². The van der Waals surface area contributed by atoms with Crippen LogP contribution in [0.3, 0.4) is 0 Å². The highest BCUT2D eigenvalue weighted by atomic mass is 35.5. The molecule has 1 fully saturated rings. The average molecular weight is 592 g/mol. The fourth-order valence-electron chi connectivity index (χ4n) is 4.45. The number of rotatable bonds is 9. The fraction of sp³-hybridized carbons (Fsp3) is 0.367. The van der Waals surface area contributed by atoms with Gasteiger partial charge in [-0.3, -0.25) is 14.6 Å². The maximum absolute atomic E-state index is 13.8. The molecule has 4 heterocycles. The third kappa shape index (κ3) is 5.96. The Bertz CT molecular complexity index is 1590. The Hall–Kier alpha value is -3.44. The van der Waals surface area contributed by atoms with E-state index in [4.69, 9.17) is 20.8 Å². The molecule has 4 aromatic rings. The monoisotopic (exact) mass is 591 g/mol. The summed E-state index contributed by atoms with van der Waals surface area (Å²) in [5, 5.41) is 4.13. The van der Waals surface area contributed by atoms with Crippen LogP contribution in [0.25, 0.3) is 11.0 Å². The van der Waals surface area contributed by atoms with Crippen molar-refractivity contribution in [1.29, 1.82) is 0 Å². The summed E-state index contributed by atoms with van der Waals surface area (Å²) in [7, 11) is -2.03. The highest BCUT2D eigenvalue weighted by Gasteiger charge is 2.46. The van der Waals surface area contributed by atoms with E-state index in [1.165, 1.54) is 18.7 Å². The van der Waals surface area contributed by atoms with E-state index in [0.717, 1.165) is 5.56 Å². The van der Waals surface area contributed by atoms with Gasteiger partial charge in [0.2, 0.25) is 5.91 Å². The zero-order valence-corrected chi connectivity index (χ0v) is 25.7. The Kier molecular flexibility index (Phi) is 7.86. The van der Waals surface area contributed by atoms with E-state index >= 15 is 0 Å². The summed E-state index contributed by atoms with van der Waals surface area (Å²) in [4.78, 5) is 39.4. The van der Waals surface area contributed by atoms with Gasteiger partial charge < -0.3 is 19.0 Å². The number of carbonyl (C=O) groups is 2. The van der Waals surface area contributed by atoms with E-state index in [1.54, 1.807) is 36.5 Å². The van der Waals surface area contributed by atoms with Crippen LogP contribution in [0.2, 0.25) is 23.2 Å². The van der Waals surface area contributed by atoms with Crippen LogP contribution < -0.4 is 5.32 Å². The zero-order valence-electron chi connectivity index (χ0n) is 23.9. The van der Waals surface area contributed by atoms with E-state index in [1.807, 2.05) is 10.8 Å². The SMILES string of the molecule is CC(C)(C)[Si](C)(C)OCC1(n2cc(C(=O)c3cncc(NC(=O)Cc4ccc(Cl)cc4)c3)c3cncnc32)COC1. The molecule has 214 valence electrons. The summed E-state index contributed by atoms with van der Waals surface area (Å²) in [6.07, 6.45) is 8.13. The second-order valence-corrected chi connectivity index (χ2v) is 17.3. The molecule has 5 rings (SSSR count). The van der Waals surface area contributed by atoms with E-state index in [9.17, 15) is 9.59 Å². The molecule has 0 unspecified atom stereocenters. The van der Waals surface area contributed by atoms with Crippen molar-refractivity contribution in [2.45, 2.75) is 50.9 Å². The van der Waals surface area contributed by atoms with Crippen LogP contribution in [-0.2, 0) is 25.9 Å². The average Bonchev–Trinajstić information content (AvgIpc) is 3.28. The number of aromatic nitrogens is 4. The van der Waals surface area contributed by atoms with Crippen molar-refractivity contribution < 1.29 is 18.8 Å². The van der Waals surface area contributed by atoms with E-state index in [2.05, 4.69) is 54.1 Å². The summed E-state index contributed by atoms with van der Waals surface area (Å²) >= 11 is 5.94. The Morgan fingerprint density at radius 3 is 2.51 bits per heavy atom. The number of pyridine rings is 1. The third-order valence-corrected chi connectivity index (χ3v) is 12.8. The van der Waals surface area contributed by atoms with Gasteiger partial charge >= 0.3 is 0 Å². The lowest BCUT2D eigenvalue weighted by Gasteiger charge is -2.46. The fourth-order valence-corrected chi connectivity index (χ4v) is 5.64. The lowest BCUT2D eigenvalue weighted by Crippen LogP contribution is -2.57. The molecular weight excluding hydrogens is 558 g/mol. The first kappa shape index (κ1) is 29.1. The summed E-state index contributed by atoms with van der Waals surface area (Å²) in [6.45, 7) is 12.4. The first-order chi connectivity index (χ1) is 19.4. The van der Waals surface area contributed by atoms with Crippen LogP contribution in [-0.4, -0.2) is 59.3 Å². The van der Waals surface area contributed by atoms with Crippen LogP contribution in [0.4, 0.5) is 5.69 Å². The van der Waals surface area contributed by atoms with Crippen molar-refractivity contribution in [2.24, 2.45) is 0 Å². The number of nitrogens with one attached hydrogen (secondary N) is 1. The smallest absolute Gasteiger partial charge is 0.228 e. The minimum Gasteiger partial charge on any atom is -0.414 e. The van der Waals surface area contributed by atoms with Crippen LogP contribution in [0, 0.1) is 0 Å². The van der Waals surface area contributed by atoms with E-state index < -0.39 is 13.9 Å². The van der Waals surface area contributed by atoms with Crippen molar-refractivity contribution in [3.8, 4) is 0 Å². The second-order valence-electron chi connectivity index (χ2n) is 12.1. The van der Waals surface area contributed by atoms with Crippen molar-refractivity contribution in [3.63, 3.8) is 0 Å². The number of benzene rings is 1. The molecule has 0 saturated carbocycles. The van der Waals surface area contributed by atoms with E-state index in [0.29, 0.717) is 52.7 Å². The van der Waals surface area contributed by atoms with Gasteiger partial charge in [0.1, 0.15) is 17.5 Å². The van der Waals surface area contributed by atoms with Crippen LogP contribution in [0.1, 0.15) is 42.3 Å². The Labute approximate surface area is 245 Å². The quantitative estimate of drug-likeness (QED) is 0.198. The first-order valence-electron chi connectivity index (χ1n) is 13.5. The van der Waals surface area contributed by atoms with Gasteiger partial charge in [-0.2, -0.15) is 0 Å². The first-order valence-corrected chi connectivity index (χ1v) is 16.7. The molecule has 11 heteroatoms. The molecule has 0 bridgehead atoms. The van der Waals surface area contributed by atoms with Gasteiger partial charge in [-0.1, -0.05) is 44.5 Å². The molecule has 3 aromatic heterocycles. The molecular formula is C30H34ClN5O4Si. The predicted octanol–water partition coefficient (Wildman–Crippen LogP) is 5.64. The number of hydrogen-bond acceptors (Lipinski definition) is 7. The largest absolute Gasteiger partial charge is 0.414 e. The topological polar surface area (TPSA) is 108 Å². The highest BCUT2D eigenvalue weighted by Crippen LogP contribution is 2.39. The predicted molar refractivity (Wildman–Crippen MR) is 161 cm³/mol. The molecule has 1 saturated heterocycles. The van der Waals surface area contributed by atoms with Crippen molar-refractivity contribution >= 4 is 48.3 Å². The molecule has 0 radical (unpaired) electrons. The summed E-state index contributed by atoms with van der Waals surface area (Å²) in [5.41, 5.74) is 2.22. The summed E-state index contributed by atoms with van der Waals surface area (Å²) in [5.74, 6) is -0.470. The zero-order chi connectivity index (χ0) is 29.4. The molecule has 1 amide bonds. The highest BCUT2D eigenvalue weighted by molar-refractivity contribution is 6.74. The summed E-state index contributed by atoms with van der Waals surface area (Å²) < 4.78 is 14.3. The normalized spacial score (nSPS) is 15.0. The minimum atomic E-state index is -2.03. The molecule has 1 aliphatic heterocycles. The molecule has 1 aromatic carbocycles. The molecule has 0 spiro atoms. The Morgan fingerprint density at radius 2 is 1.85 bits per heavy atom. The standard InChI is InChI=1S/C30H34ClN5O4Si/c1-29(2,3)41(4,5)40-18-30(16-39-17-30)36-15-25(24-14-33-19-34-28(24)36)27(38)21-11-23(13-32-12-21)35-26(37)10-20-6-8-22(31)9-7-20/h6-9,11-15,19H,10,16-18H2,1-5H3,(H,35,37). The van der Waals surface area contributed by atoms with Gasteiger partial charge in [0.15, 0.2) is 14.1 Å². The molecule has 1 aliphatic rings. The van der Waals surface area contributed by atoms with Gasteiger partial charge in [-0.25, -0.2) is 9.97 Å². The number of anilines is 1. The number of ether oxygens (including phenoxy) is 1. The number of amides is 1. The minimum absolute atomic E-state index is 0.0586. The van der Waals surface area contributed by atoms with Crippen molar-refractivity contribution in [1.82, 2.24) is 19.5 Å². The molecule has 9 nitrogen and oxygen atoms in total. The summed E-state index contributed by atoms with van der Waals surface area (Å²) in [6, 6.07) is 8.71. The Morgan fingerprint density at radius 1 is 1.12 bits per heavy atom. The lowest BCUT2D eigenvalue weighted by molar-refractivity contribution is -0.119. The third-order valence-electron chi connectivity index (χ3n) is 8.03. The molecule has 0 atom stereocenters. The number of ketones is 1. The molecule has 41 heavy (non-hydrogen) atoms. The van der Waals surface area contributed by atoms with Crippen molar-refractivity contribution in [3.05, 3.63) is 83.2 Å². The van der Waals surface area contributed by atoms with Crippen LogP contribution in [0.15, 0.2) is 61.4 Å². The van der Waals surface area contributed by atoms with Crippen LogP contribution >= 0.6 is 11.6 Å². The molecule has 1 N–H and O–H groups in total. The van der Waals surface area contributed by atoms with Crippen molar-refractivity contribution in [2.75, 3.05) is 25.1 Å². The van der Waals surface area contributed by atoms with Gasteiger partial charge in [0, 0.05) is 34.6 Å². The number of nitrogens with zero attached hydrogens (tertiary/aromatic N) is 4. The maximum atomic E-state index is 13.8. The van der Waals surface area contributed by atoms with Gasteiger partial charge in [-0.05, 0) is 41.9 Å². The van der Waals surface area contributed by atoms with Crippen LogP contribution in [0.5, 0.6) is 0 Å². The molecule has 0 aliphatic carbocycles. The lowest BCUT2D eigenvalue weighted by atomic mass is 9.98. The number of hydrogen-bond donors (Lipinski definition) is 1. The number of fused-ring (bicyclic) bond motifs is 1. The number of halogens is 1.